The van der Waals surface area contributed by atoms with Gasteiger partial charge in [-0.25, -0.2) is 9.59 Å². The van der Waals surface area contributed by atoms with Crippen molar-refractivity contribution in [3.05, 3.63) is 0 Å². The monoisotopic (exact) mass is 237 g/mol. The van der Waals surface area contributed by atoms with Gasteiger partial charge in [-0.05, 0) is 27.2 Å². The molecule has 0 saturated carbocycles. The molecule has 6 heteroatoms. The molecule has 15 heavy (non-hydrogen) atoms. The Morgan fingerprint density at radius 3 is 2.27 bits per heavy atom. The summed E-state index contributed by atoms with van der Waals surface area (Å²) >= 11 is 4.90. The van der Waals surface area contributed by atoms with Crippen molar-refractivity contribution in [1.29, 1.82) is 0 Å². The molecule has 0 aromatic rings. The molecule has 0 aliphatic rings. The maximum atomic E-state index is 11.3. The molecule has 0 aliphatic heterocycles. The fourth-order valence-electron chi connectivity index (χ4n) is 0.831. The van der Waals surface area contributed by atoms with Crippen molar-refractivity contribution in [3.8, 4) is 0 Å². The van der Waals surface area contributed by atoms with E-state index >= 15 is 0 Å². The highest BCUT2D eigenvalue weighted by Crippen LogP contribution is 2.07. The van der Waals surface area contributed by atoms with Gasteiger partial charge < -0.3 is 14.3 Å². The minimum Gasteiger partial charge on any atom is -0.444 e. The zero-order chi connectivity index (χ0) is 12.1. The molecule has 5 nitrogen and oxygen atoms in total. The number of carbonyl (C=O) groups is 2. The lowest BCUT2D eigenvalue weighted by molar-refractivity contribution is -0.136. The van der Waals surface area contributed by atoms with Gasteiger partial charge in [0.2, 0.25) is 0 Å². The number of rotatable bonds is 3. The van der Waals surface area contributed by atoms with Crippen LogP contribution >= 0.6 is 11.9 Å². The first-order chi connectivity index (χ1) is 6.80. The number of hydrogen-bond donors (Lipinski definition) is 1. The Hall–Kier alpha value is -0.970. The highest BCUT2D eigenvalue weighted by Gasteiger charge is 2.23. The summed E-state index contributed by atoms with van der Waals surface area (Å²) < 4.78 is 8.96. The van der Waals surface area contributed by atoms with Crippen LogP contribution in [0.3, 0.4) is 0 Å². The van der Waals surface area contributed by atoms with E-state index in [1.807, 2.05) is 0 Å². The summed E-state index contributed by atoms with van der Waals surface area (Å²) in [4.78, 5) is 22.3. The van der Waals surface area contributed by atoms with Crippen LogP contribution in [-0.2, 0) is 13.8 Å². The first-order valence-corrected chi connectivity index (χ1v) is 4.93. The highest BCUT2D eigenvalue weighted by atomic mass is 35.5. The third-order valence-electron chi connectivity index (χ3n) is 1.46. The summed E-state index contributed by atoms with van der Waals surface area (Å²) in [6, 6.07) is -0.780. The number of carbonyl (C=O) groups excluding carboxylic acids is 2. The van der Waals surface area contributed by atoms with Gasteiger partial charge in [-0.1, -0.05) is 6.92 Å². The Bertz CT molecular complexity index is 237. The Balaban J connectivity index is 4.20. The molecule has 0 aliphatic carbocycles. The van der Waals surface area contributed by atoms with Crippen LogP contribution in [0, 0.1) is 0 Å². The Morgan fingerprint density at radius 2 is 1.93 bits per heavy atom. The van der Waals surface area contributed by atoms with Gasteiger partial charge in [-0.15, -0.1) is 0 Å². The van der Waals surface area contributed by atoms with Gasteiger partial charge in [-0.3, -0.25) is 0 Å². The Morgan fingerprint density at radius 1 is 1.40 bits per heavy atom. The van der Waals surface area contributed by atoms with E-state index in [0.29, 0.717) is 6.42 Å². The van der Waals surface area contributed by atoms with E-state index in [9.17, 15) is 9.59 Å². The lowest BCUT2D eigenvalue weighted by Crippen LogP contribution is -2.43. The molecule has 1 atom stereocenters. The summed E-state index contributed by atoms with van der Waals surface area (Å²) in [5.41, 5.74) is -0.604. The summed E-state index contributed by atoms with van der Waals surface area (Å²) in [5, 5.41) is 2.35. The number of alkyl carbamates (subject to hydrolysis) is 1. The molecule has 0 saturated heterocycles. The molecule has 0 heterocycles. The average Bonchev–Trinajstić information content (AvgIpc) is 2.10. The number of ether oxygens (including phenoxy) is 1. The molecule has 0 unspecified atom stereocenters. The lowest BCUT2D eigenvalue weighted by atomic mass is 10.2. The van der Waals surface area contributed by atoms with E-state index in [2.05, 4.69) is 9.61 Å². The normalized spacial score (nSPS) is 12.9. The summed E-state index contributed by atoms with van der Waals surface area (Å²) in [6.45, 7) is 6.91. The smallest absolute Gasteiger partial charge is 0.408 e. The molecular formula is C9H16ClNO4. The molecular weight excluding hydrogens is 222 g/mol. The van der Waals surface area contributed by atoms with Gasteiger partial charge >= 0.3 is 12.1 Å². The minimum atomic E-state index is -0.780. The summed E-state index contributed by atoms with van der Waals surface area (Å²) in [6.07, 6.45) is -0.290. The van der Waals surface area contributed by atoms with E-state index in [-0.39, 0.29) is 0 Å². The zero-order valence-corrected chi connectivity index (χ0v) is 10.1. The quantitative estimate of drug-likeness (QED) is 0.815. The number of halogens is 1. The standard InChI is InChI=1S/C9H16ClNO4/c1-5-6(7(12)15-10)11-8(13)14-9(2,3)4/h6H,5H2,1-4H3,(H,11,13)/t6-/m0/s1. The number of amides is 1. The molecule has 0 aromatic carbocycles. The van der Waals surface area contributed by atoms with E-state index in [4.69, 9.17) is 16.6 Å². The van der Waals surface area contributed by atoms with Gasteiger partial charge in [-0.2, -0.15) is 0 Å². The van der Waals surface area contributed by atoms with Crippen molar-refractivity contribution in [2.75, 3.05) is 0 Å². The van der Waals surface area contributed by atoms with Gasteiger partial charge in [0.15, 0.2) is 0 Å². The van der Waals surface area contributed by atoms with Crippen LogP contribution in [0.25, 0.3) is 0 Å². The van der Waals surface area contributed by atoms with Crippen LogP contribution in [0.1, 0.15) is 34.1 Å². The van der Waals surface area contributed by atoms with Gasteiger partial charge in [0.1, 0.15) is 23.5 Å². The second kappa shape index (κ2) is 5.80. The molecule has 1 amide bonds. The molecule has 0 radical (unpaired) electrons. The fraction of sp³-hybridized carbons (Fsp3) is 0.778. The Kier molecular flexibility index (Phi) is 5.43. The van der Waals surface area contributed by atoms with E-state index in [0.717, 1.165) is 0 Å². The highest BCUT2D eigenvalue weighted by molar-refractivity contribution is 6.13. The third-order valence-corrected chi connectivity index (χ3v) is 1.61. The summed E-state index contributed by atoms with van der Waals surface area (Å²) in [7, 11) is 0. The molecule has 0 rings (SSSR count). The SMILES string of the molecule is CC[C@H](NC(=O)OC(C)(C)C)C(=O)OCl. The third kappa shape index (κ3) is 6.17. The molecule has 88 valence electrons. The van der Waals surface area contributed by atoms with Crippen molar-refractivity contribution >= 4 is 23.9 Å². The van der Waals surface area contributed by atoms with Crippen molar-refractivity contribution < 1.29 is 18.6 Å². The lowest BCUT2D eigenvalue weighted by Gasteiger charge is -2.21. The van der Waals surface area contributed by atoms with Crippen LogP contribution < -0.4 is 5.32 Å². The molecule has 0 aromatic heterocycles. The molecule has 0 bridgehead atoms. The number of nitrogens with one attached hydrogen (secondary N) is 1. The first-order valence-electron chi connectivity index (χ1n) is 4.62. The van der Waals surface area contributed by atoms with Crippen LogP contribution in [0.4, 0.5) is 4.79 Å². The largest absolute Gasteiger partial charge is 0.444 e. The predicted octanol–water partition coefficient (Wildman–Crippen LogP) is 1.99. The second-order valence-electron chi connectivity index (χ2n) is 4.00. The molecule has 0 fully saturated rings. The minimum absolute atomic E-state index is 0.380. The summed E-state index contributed by atoms with van der Waals surface area (Å²) in [5.74, 6) is -0.704. The van der Waals surface area contributed by atoms with E-state index in [1.54, 1.807) is 27.7 Å². The average molecular weight is 238 g/mol. The van der Waals surface area contributed by atoms with E-state index in [1.165, 1.54) is 0 Å². The second-order valence-corrected chi connectivity index (χ2v) is 4.16. The topological polar surface area (TPSA) is 64.6 Å². The van der Waals surface area contributed by atoms with Gasteiger partial charge in [0, 0.05) is 0 Å². The van der Waals surface area contributed by atoms with Crippen LogP contribution in [0.5, 0.6) is 0 Å². The van der Waals surface area contributed by atoms with Crippen molar-refractivity contribution in [2.24, 2.45) is 0 Å². The van der Waals surface area contributed by atoms with Crippen molar-refractivity contribution in [2.45, 2.75) is 45.8 Å². The van der Waals surface area contributed by atoms with Crippen LogP contribution in [-0.4, -0.2) is 23.7 Å². The van der Waals surface area contributed by atoms with Gasteiger partial charge in [0.05, 0.1) is 0 Å². The van der Waals surface area contributed by atoms with Crippen LogP contribution in [0.2, 0.25) is 0 Å². The first kappa shape index (κ1) is 14.0. The zero-order valence-electron chi connectivity index (χ0n) is 9.30. The van der Waals surface area contributed by atoms with Crippen molar-refractivity contribution in [3.63, 3.8) is 0 Å². The van der Waals surface area contributed by atoms with Gasteiger partial charge in [0.25, 0.3) is 0 Å². The fourth-order valence-corrected chi connectivity index (χ4v) is 0.939. The molecule has 1 N–H and O–H groups in total. The van der Waals surface area contributed by atoms with Crippen molar-refractivity contribution in [1.82, 2.24) is 5.32 Å². The maximum absolute atomic E-state index is 11.3. The molecule has 0 spiro atoms. The van der Waals surface area contributed by atoms with E-state index < -0.39 is 23.7 Å². The van der Waals surface area contributed by atoms with Crippen LogP contribution in [0.15, 0.2) is 0 Å². The Labute approximate surface area is 94.2 Å². The maximum Gasteiger partial charge on any atom is 0.408 e. The predicted molar refractivity (Wildman–Crippen MR) is 55.4 cm³/mol. The number of hydrogen-bond acceptors (Lipinski definition) is 4.